The maximum Gasteiger partial charge on any atom is 0.00965 e. The highest BCUT2D eigenvalue weighted by Crippen LogP contribution is 2.19. The van der Waals surface area contributed by atoms with Crippen molar-refractivity contribution in [2.45, 2.75) is 65.3 Å². The van der Waals surface area contributed by atoms with Gasteiger partial charge in [0.15, 0.2) is 0 Å². The average molecular weight is 240 g/mol. The Kier molecular flexibility index (Phi) is 6.50. The lowest BCUT2D eigenvalue weighted by molar-refractivity contribution is 0.179. The van der Waals surface area contributed by atoms with E-state index in [0.29, 0.717) is 0 Å². The molecule has 17 heavy (non-hydrogen) atoms. The Morgan fingerprint density at radius 3 is 2.29 bits per heavy atom. The molecule has 102 valence electrons. The molecule has 0 saturated carbocycles. The molecule has 0 aromatic carbocycles. The summed E-state index contributed by atoms with van der Waals surface area (Å²) in [4.78, 5) is 2.66. The van der Waals surface area contributed by atoms with Crippen molar-refractivity contribution >= 4 is 0 Å². The lowest BCUT2D eigenvalue weighted by Crippen LogP contribution is -2.37. The zero-order valence-electron chi connectivity index (χ0n) is 12.4. The molecule has 1 N–H and O–H groups in total. The van der Waals surface area contributed by atoms with E-state index in [1.165, 1.54) is 51.7 Å². The molecule has 1 rings (SSSR count). The van der Waals surface area contributed by atoms with Crippen LogP contribution in [0, 0.1) is 5.92 Å². The number of hydrogen-bond donors (Lipinski definition) is 1. The summed E-state index contributed by atoms with van der Waals surface area (Å²) in [5.74, 6) is 1.01. The minimum absolute atomic E-state index is 0.277. The monoisotopic (exact) mass is 240 g/mol. The van der Waals surface area contributed by atoms with Crippen molar-refractivity contribution < 1.29 is 0 Å². The van der Waals surface area contributed by atoms with Gasteiger partial charge in [0.25, 0.3) is 0 Å². The Morgan fingerprint density at radius 1 is 1.12 bits per heavy atom. The fraction of sp³-hybridized carbons (Fsp3) is 1.00. The Bertz CT molecular complexity index is 188. The van der Waals surface area contributed by atoms with Crippen LogP contribution >= 0.6 is 0 Å². The van der Waals surface area contributed by atoms with Gasteiger partial charge in [0, 0.05) is 5.54 Å². The molecule has 1 fully saturated rings. The predicted molar refractivity (Wildman–Crippen MR) is 76.4 cm³/mol. The molecule has 1 heterocycles. The van der Waals surface area contributed by atoms with Crippen molar-refractivity contribution in [3.63, 3.8) is 0 Å². The van der Waals surface area contributed by atoms with E-state index in [1.807, 2.05) is 0 Å². The van der Waals surface area contributed by atoms with Gasteiger partial charge in [-0.3, -0.25) is 0 Å². The van der Waals surface area contributed by atoms with Gasteiger partial charge in [0.05, 0.1) is 0 Å². The van der Waals surface area contributed by atoms with Crippen LogP contribution < -0.4 is 5.32 Å². The Hall–Kier alpha value is -0.0800. The van der Waals surface area contributed by atoms with Gasteiger partial charge in [-0.1, -0.05) is 13.3 Å². The maximum atomic E-state index is 3.56. The third-order valence-electron chi connectivity index (χ3n) is 3.84. The normalized spacial score (nSPS) is 19.8. The van der Waals surface area contributed by atoms with Crippen LogP contribution in [0.1, 0.15) is 59.8 Å². The van der Waals surface area contributed by atoms with E-state index in [2.05, 4.69) is 37.9 Å². The second kappa shape index (κ2) is 7.38. The molecule has 1 saturated heterocycles. The summed E-state index contributed by atoms with van der Waals surface area (Å²) in [6.45, 7) is 14.2. The first-order chi connectivity index (χ1) is 8.01. The quantitative estimate of drug-likeness (QED) is 0.717. The van der Waals surface area contributed by atoms with Crippen LogP contribution in [0.25, 0.3) is 0 Å². The molecule has 2 heteroatoms. The minimum Gasteiger partial charge on any atom is -0.312 e. The molecule has 1 aliphatic heterocycles. The highest BCUT2D eigenvalue weighted by Gasteiger charge is 2.16. The summed E-state index contributed by atoms with van der Waals surface area (Å²) in [7, 11) is 0. The highest BCUT2D eigenvalue weighted by atomic mass is 15.1. The number of nitrogens with one attached hydrogen (secondary N) is 1. The van der Waals surface area contributed by atoms with Crippen LogP contribution in [0.2, 0.25) is 0 Å². The van der Waals surface area contributed by atoms with E-state index in [9.17, 15) is 0 Å². The van der Waals surface area contributed by atoms with Crippen LogP contribution in [0.15, 0.2) is 0 Å². The van der Waals surface area contributed by atoms with Crippen molar-refractivity contribution in [1.29, 1.82) is 0 Å². The van der Waals surface area contributed by atoms with Crippen LogP contribution in [0.5, 0.6) is 0 Å². The van der Waals surface area contributed by atoms with E-state index in [-0.39, 0.29) is 5.54 Å². The number of nitrogens with zero attached hydrogens (tertiary/aromatic N) is 1. The molecule has 0 radical (unpaired) electrons. The summed E-state index contributed by atoms with van der Waals surface area (Å²) in [6.07, 6.45) is 6.89. The molecule has 0 aromatic rings. The number of piperidine rings is 1. The van der Waals surface area contributed by atoms with E-state index in [1.54, 1.807) is 0 Å². The molecule has 0 atom stereocenters. The number of likely N-dealkylation sites (tertiary alicyclic amines) is 1. The van der Waals surface area contributed by atoms with Crippen LogP contribution in [-0.2, 0) is 0 Å². The third-order valence-corrected chi connectivity index (χ3v) is 3.84. The van der Waals surface area contributed by atoms with Gasteiger partial charge in [-0.05, 0) is 78.6 Å². The third kappa shape index (κ3) is 7.05. The van der Waals surface area contributed by atoms with E-state index < -0.39 is 0 Å². The molecular formula is C15H32N2. The second-order valence-corrected chi connectivity index (χ2v) is 6.58. The van der Waals surface area contributed by atoms with Gasteiger partial charge in [0.2, 0.25) is 0 Å². The van der Waals surface area contributed by atoms with Crippen molar-refractivity contribution in [2.24, 2.45) is 5.92 Å². The van der Waals surface area contributed by atoms with Crippen molar-refractivity contribution in [3.05, 3.63) is 0 Å². The van der Waals surface area contributed by atoms with E-state index >= 15 is 0 Å². The standard InChI is InChI=1S/C15H32N2/c1-5-14-8-12-17(13-9-14)11-7-6-10-16-15(2,3)4/h14,16H,5-13H2,1-4H3. The predicted octanol–water partition coefficient (Wildman–Crippen LogP) is 3.28. The molecule has 0 aromatic heterocycles. The van der Waals surface area contributed by atoms with Crippen LogP contribution in [0.3, 0.4) is 0 Å². The van der Waals surface area contributed by atoms with Gasteiger partial charge < -0.3 is 10.2 Å². The first-order valence-corrected chi connectivity index (χ1v) is 7.48. The topological polar surface area (TPSA) is 15.3 Å². The molecule has 0 amide bonds. The zero-order valence-corrected chi connectivity index (χ0v) is 12.4. The molecule has 0 aliphatic carbocycles. The largest absolute Gasteiger partial charge is 0.312 e. The van der Waals surface area contributed by atoms with Crippen molar-refractivity contribution in [2.75, 3.05) is 26.2 Å². The van der Waals surface area contributed by atoms with Gasteiger partial charge in [-0.15, -0.1) is 0 Å². The van der Waals surface area contributed by atoms with Crippen molar-refractivity contribution in [1.82, 2.24) is 10.2 Å². The smallest absolute Gasteiger partial charge is 0.00965 e. The molecular weight excluding hydrogens is 208 g/mol. The first-order valence-electron chi connectivity index (χ1n) is 7.48. The first kappa shape index (κ1) is 15.0. The number of unbranched alkanes of at least 4 members (excludes halogenated alkanes) is 1. The molecule has 2 nitrogen and oxygen atoms in total. The highest BCUT2D eigenvalue weighted by molar-refractivity contribution is 4.72. The Morgan fingerprint density at radius 2 is 1.76 bits per heavy atom. The average Bonchev–Trinajstić information content (AvgIpc) is 2.28. The Labute approximate surface area is 108 Å². The summed E-state index contributed by atoms with van der Waals surface area (Å²) in [5.41, 5.74) is 0.277. The minimum atomic E-state index is 0.277. The molecule has 0 unspecified atom stereocenters. The van der Waals surface area contributed by atoms with E-state index in [0.717, 1.165) is 12.5 Å². The van der Waals surface area contributed by atoms with Gasteiger partial charge in [-0.25, -0.2) is 0 Å². The summed E-state index contributed by atoms with van der Waals surface area (Å²) in [5, 5.41) is 3.56. The lowest BCUT2D eigenvalue weighted by Gasteiger charge is -2.31. The summed E-state index contributed by atoms with van der Waals surface area (Å²) in [6, 6.07) is 0. The Balaban J connectivity index is 1.97. The number of rotatable bonds is 6. The van der Waals surface area contributed by atoms with Crippen molar-refractivity contribution in [3.8, 4) is 0 Å². The fourth-order valence-corrected chi connectivity index (χ4v) is 2.54. The summed E-state index contributed by atoms with van der Waals surface area (Å²) >= 11 is 0. The number of hydrogen-bond acceptors (Lipinski definition) is 2. The fourth-order valence-electron chi connectivity index (χ4n) is 2.54. The van der Waals surface area contributed by atoms with E-state index in [4.69, 9.17) is 0 Å². The molecule has 0 bridgehead atoms. The van der Waals surface area contributed by atoms with Gasteiger partial charge in [-0.2, -0.15) is 0 Å². The van der Waals surface area contributed by atoms with Gasteiger partial charge >= 0.3 is 0 Å². The zero-order chi connectivity index (χ0) is 12.7. The molecule has 0 spiro atoms. The summed E-state index contributed by atoms with van der Waals surface area (Å²) < 4.78 is 0. The lowest BCUT2D eigenvalue weighted by atomic mass is 9.94. The molecule has 1 aliphatic rings. The van der Waals surface area contributed by atoms with Crippen LogP contribution in [0.4, 0.5) is 0 Å². The maximum absolute atomic E-state index is 3.56. The van der Waals surface area contributed by atoms with Crippen LogP contribution in [-0.4, -0.2) is 36.6 Å². The second-order valence-electron chi connectivity index (χ2n) is 6.58. The SMILES string of the molecule is CCC1CCN(CCCCNC(C)(C)C)CC1. The van der Waals surface area contributed by atoms with Gasteiger partial charge in [0.1, 0.15) is 0 Å².